The Morgan fingerprint density at radius 1 is 1.24 bits per heavy atom. The van der Waals surface area contributed by atoms with Gasteiger partial charge in [0, 0.05) is 13.1 Å². The normalized spacial score (nSPS) is 14.6. The van der Waals surface area contributed by atoms with Crippen molar-refractivity contribution in [1.29, 1.82) is 0 Å². The highest BCUT2D eigenvalue weighted by Gasteiger charge is 2.20. The number of nitrogens with one attached hydrogen (secondary N) is 1. The number of anilines is 2. The van der Waals surface area contributed by atoms with E-state index in [2.05, 4.69) is 29.8 Å². The molecule has 1 N–H and O–H groups in total. The number of aromatic nitrogens is 4. The second-order valence-corrected chi connectivity index (χ2v) is 6.68. The highest BCUT2D eigenvalue weighted by molar-refractivity contribution is 7.08. The van der Waals surface area contributed by atoms with Gasteiger partial charge >= 0.3 is 0 Å². The minimum absolute atomic E-state index is 0.202. The van der Waals surface area contributed by atoms with E-state index in [1.54, 1.807) is 0 Å². The fourth-order valence-corrected chi connectivity index (χ4v) is 3.34. The lowest BCUT2D eigenvalue weighted by Crippen LogP contribution is -2.37. The number of morpholine rings is 1. The quantitative estimate of drug-likeness (QED) is 0.869. The van der Waals surface area contributed by atoms with E-state index >= 15 is 0 Å². The van der Waals surface area contributed by atoms with Crippen LogP contribution in [0.2, 0.25) is 0 Å². The Balaban J connectivity index is 1.80. The van der Waals surface area contributed by atoms with Crippen molar-refractivity contribution >= 4 is 29.1 Å². The van der Waals surface area contributed by atoms with Crippen LogP contribution in [0.25, 0.3) is 0 Å². The predicted molar refractivity (Wildman–Crippen MR) is 96.4 cm³/mol. The summed E-state index contributed by atoms with van der Waals surface area (Å²) >= 11 is 1.12. The van der Waals surface area contributed by atoms with Crippen LogP contribution in [0.4, 0.5) is 11.6 Å². The number of hydrogen-bond acceptors (Lipinski definition) is 8. The standard InChI is InChI=1S/C16H22N6O2S/c1-4-5-12-14(25-21-20-12)15(23)19-13-10(2)17-16(18-11(13)3)22-6-8-24-9-7-22/h4-9H2,1-3H3,(H,19,23). The van der Waals surface area contributed by atoms with Crippen molar-refractivity contribution in [3.63, 3.8) is 0 Å². The van der Waals surface area contributed by atoms with Gasteiger partial charge in [-0.1, -0.05) is 17.8 Å². The molecule has 1 aliphatic rings. The molecular weight excluding hydrogens is 340 g/mol. The second kappa shape index (κ2) is 7.83. The number of carbonyl (C=O) groups is 1. The summed E-state index contributed by atoms with van der Waals surface area (Å²) in [5.41, 5.74) is 2.89. The molecule has 0 unspecified atom stereocenters. The topological polar surface area (TPSA) is 93.1 Å². The Kier molecular flexibility index (Phi) is 5.54. The van der Waals surface area contributed by atoms with Gasteiger partial charge in [-0.25, -0.2) is 9.97 Å². The maximum atomic E-state index is 12.6. The van der Waals surface area contributed by atoms with E-state index in [0.29, 0.717) is 29.7 Å². The molecule has 3 heterocycles. The van der Waals surface area contributed by atoms with Crippen LogP contribution in [0.3, 0.4) is 0 Å². The molecule has 3 rings (SSSR count). The Morgan fingerprint density at radius 3 is 2.56 bits per heavy atom. The first-order valence-corrected chi connectivity index (χ1v) is 9.18. The van der Waals surface area contributed by atoms with Gasteiger partial charge in [0.25, 0.3) is 5.91 Å². The van der Waals surface area contributed by atoms with Crippen molar-refractivity contribution in [3.8, 4) is 0 Å². The molecule has 25 heavy (non-hydrogen) atoms. The molecule has 1 aliphatic heterocycles. The van der Waals surface area contributed by atoms with E-state index in [-0.39, 0.29) is 5.91 Å². The molecule has 0 aromatic carbocycles. The second-order valence-electron chi connectivity index (χ2n) is 5.92. The van der Waals surface area contributed by atoms with Crippen molar-refractivity contribution in [1.82, 2.24) is 19.6 Å². The van der Waals surface area contributed by atoms with Crippen molar-refractivity contribution in [2.45, 2.75) is 33.6 Å². The average molecular weight is 362 g/mol. The lowest BCUT2D eigenvalue weighted by atomic mass is 10.2. The molecular formula is C16H22N6O2S. The first-order chi connectivity index (χ1) is 12.1. The number of aryl methyl sites for hydroxylation is 3. The van der Waals surface area contributed by atoms with Gasteiger partial charge in [-0.05, 0) is 31.8 Å². The van der Waals surface area contributed by atoms with Gasteiger partial charge in [0.15, 0.2) is 0 Å². The van der Waals surface area contributed by atoms with Crippen LogP contribution in [0.5, 0.6) is 0 Å². The van der Waals surface area contributed by atoms with Gasteiger partial charge in [0.05, 0.1) is 36.0 Å². The summed E-state index contributed by atoms with van der Waals surface area (Å²) in [7, 11) is 0. The Bertz CT molecular complexity index is 734. The molecule has 0 atom stereocenters. The summed E-state index contributed by atoms with van der Waals surface area (Å²) < 4.78 is 9.27. The van der Waals surface area contributed by atoms with E-state index < -0.39 is 0 Å². The molecule has 9 heteroatoms. The number of amides is 1. The lowest BCUT2D eigenvalue weighted by molar-refractivity contribution is 0.102. The van der Waals surface area contributed by atoms with Gasteiger partial charge in [-0.3, -0.25) is 4.79 Å². The summed E-state index contributed by atoms with van der Waals surface area (Å²) in [6.07, 6.45) is 1.66. The monoisotopic (exact) mass is 362 g/mol. The summed E-state index contributed by atoms with van der Waals surface area (Å²) in [6, 6.07) is 0. The van der Waals surface area contributed by atoms with Gasteiger partial charge < -0.3 is 15.0 Å². The zero-order chi connectivity index (χ0) is 17.8. The lowest BCUT2D eigenvalue weighted by Gasteiger charge is -2.27. The molecule has 2 aromatic rings. The molecule has 0 aliphatic carbocycles. The maximum absolute atomic E-state index is 12.6. The zero-order valence-electron chi connectivity index (χ0n) is 14.7. The highest BCUT2D eigenvalue weighted by Crippen LogP contribution is 2.23. The summed E-state index contributed by atoms with van der Waals surface area (Å²) in [4.78, 5) is 24.4. The van der Waals surface area contributed by atoms with E-state index in [0.717, 1.165) is 54.5 Å². The van der Waals surface area contributed by atoms with Crippen molar-refractivity contribution in [2.24, 2.45) is 0 Å². The molecule has 1 fully saturated rings. The maximum Gasteiger partial charge on any atom is 0.269 e. The number of rotatable bonds is 5. The number of carbonyl (C=O) groups excluding carboxylic acids is 1. The molecule has 1 amide bonds. The highest BCUT2D eigenvalue weighted by atomic mass is 32.1. The van der Waals surface area contributed by atoms with Gasteiger partial charge in [0.2, 0.25) is 5.95 Å². The largest absolute Gasteiger partial charge is 0.378 e. The predicted octanol–water partition coefficient (Wildman–Crippen LogP) is 1.99. The third-order valence-electron chi connectivity index (χ3n) is 4.04. The molecule has 0 saturated carbocycles. The fraction of sp³-hybridized carbons (Fsp3) is 0.562. The third kappa shape index (κ3) is 3.93. The smallest absolute Gasteiger partial charge is 0.269 e. The van der Waals surface area contributed by atoms with Gasteiger partial charge in [0.1, 0.15) is 4.88 Å². The minimum atomic E-state index is -0.202. The van der Waals surface area contributed by atoms with E-state index in [4.69, 9.17) is 4.74 Å². The van der Waals surface area contributed by atoms with Crippen LogP contribution in [-0.4, -0.2) is 51.8 Å². The number of ether oxygens (including phenoxy) is 1. The van der Waals surface area contributed by atoms with E-state index in [9.17, 15) is 4.79 Å². The SMILES string of the molecule is CCCc1nnsc1C(=O)Nc1c(C)nc(N2CCOCC2)nc1C. The molecule has 134 valence electrons. The Hall–Kier alpha value is -2.13. The first kappa shape index (κ1) is 17.7. The van der Waals surface area contributed by atoms with Crippen molar-refractivity contribution in [2.75, 3.05) is 36.5 Å². The Labute approximate surface area is 150 Å². The number of nitrogens with zero attached hydrogens (tertiary/aromatic N) is 5. The fourth-order valence-electron chi connectivity index (χ4n) is 2.74. The number of hydrogen-bond donors (Lipinski definition) is 1. The molecule has 2 aromatic heterocycles. The zero-order valence-corrected chi connectivity index (χ0v) is 15.5. The Morgan fingerprint density at radius 2 is 1.92 bits per heavy atom. The van der Waals surface area contributed by atoms with Crippen LogP contribution in [-0.2, 0) is 11.2 Å². The summed E-state index contributed by atoms with van der Waals surface area (Å²) in [5, 5.41) is 6.98. The molecule has 1 saturated heterocycles. The van der Waals surface area contributed by atoms with E-state index in [1.807, 2.05) is 20.8 Å². The molecule has 0 radical (unpaired) electrons. The van der Waals surface area contributed by atoms with Crippen LogP contribution in [0.15, 0.2) is 0 Å². The molecule has 0 spiro atoms. The van der Waals surface area contributed by atoms with Crippen molar-refractivity contribution in [3.05, 3.63) is 22.0 Å². The van der Waals surface area contributed by atoms with Crippen LogP contribution in [0, 0.1) is 13.8 Å². The van der Waals surface area contributed by atoms with Crippen LogP contribution >= 0.6 is 11.5 Å². The van der Waals surface area contributed by atoms with Crippen LogP contribution < -0.4 is 10.2 Å². The summed E-state index contributed by atoms with van der Waals surface area (Å²) in [6.45, 7) is 8.72. The van der Waals surface area contributed by atoms with Gasteiger partial charge in [-0.15, -0.1) is 5.10 Å². The molecule has 0 bridgehead atoms. The van der Waals surface area contributed by atoms with Crippen LogP contribution in [0.1, 0.15) is 40.1 Å². The minimum Gasteiger partial charge on any atom is -0.378 e. The molecule has 8 nitrogen and oxygen atoms in total. The third-order valence-corrected chi connectivity index (χ3v) is 4.81. The average Bonchev–Trinajstić information content (AvgIpc) is 3.07. The first-order valence-electron chi connectivity index (χ1n) is 8.40. The summed E-state index contributed by atoms with van der Waals surface area (Å²) in [5.74, 6) is 0.481. The van der Waals surface area contributed by atoms with E-state index in [1.165, 1.54) is 0 Å². The van der Waals surface area contributed by atoms with Crippen molar-refractivity contribution < 1.29 is 9.53 Å². The van der Waals surface area contributed by atoms with Gasteiger partial charge in [-0.2, -0.15) is 0 Å².